The molecule has 0 N–H and O–H groups in total. The minimum atomic E-state index is 0.298. The molecule has 3 rings (SSSR count). The topological polar surface area (TPSA) is 32.8 Å². The van der Waals surface area contributed by atoms with Crippen LogP contribution in [0.5, 0.6) is 0 Å². The van der Waals surface area contributed by atoms with E-state index in [2.05, 4.69) is 16.7 Å². The van der Waals surface area contributed by atoms with Gasteiger partial charge in [0.2, 0.25) is 5.91 Å². The first-order valence-electron chi connectivity index (χ1n) is 10.2. The Morgan fingerprint density at radius 3 is 2.42 bits per heavy atom. The van der Waals surface area contributed by atoms with Gasteiger partial charge in [-0.15, -0.1) is 0 Å². The van der Waals surface area contributed by atoms with Crippen LogP contribution in [0.25, 0.3) is 0 Å². The zero-order valence-electron chi connectivity index (χ0n) is 15.6. The summed E-state index contributed by atoms with van der Waals surface area (Å²) in [6.07, 6.45) is 11.0. The Morgan fingerprint density at radius 1 is 1.08 bits per heavy atom. The van der Waals surface area contributed by atoms with Crippen LogP contribution < -0.4 is 0 Å². The number of hydrogen-bond donors (Lipinski definition) is 0. The van der Waals surface area contributed by atoms with Crippen LogP contribution in [-0.2, 0) is 9.53 Å². The van der Waals surface area contributed by atoms with Crippen molar-refractivity contribution in [3.05, 3.63) is 0 Å². The van der Waals surface area contributed by atoms with Gasteiger partial charge in [-0.25, -0.2) is 0 Å². The second kappa shape index (κ2) is 8.66. The van der Waals surface area contributed by atoms with Crippen LogP contribution in [0.2, 0.25) is 0 Å². The van der Waals surface area contributed by atoms with Gasteiger partial charge in [0.1, 0.15) is 0 Å². The number of rotatable bonds is 6. The summed E-state index contributed by atoms with van der Waals surface area (Å²) in [5, 5.41) is 0. The van der Waals surface area contributed by atoms with Crippen molar-refractivity contribution in [2.75, 3.05) is 45.9 Å². The number of ether oxygens (including phenoxy) is 1. The summed E-state index contributed by atoms with van der Waals surface area (Å²) in [7, 11) is 0. The predicted molar refractivity (Wildman–Crippen MR) is 97.0 cm³/mol. The molecule has 2 heterocycles. The molecule has 1 aliphatic carbocycles. The Labute approximate surface area is 147 Å². The van der Waals surface area contributed by atoms with E-state index in [9.17, 15) is 4.79 Å². The van der Waals surface area contributed by atoms with Gasteiger partial charge in [-0.2, -0.15) is 0 Å². The number of nitrogens with zero attached hydrogens (tertiary/aromatic N) is 2. The van der Waals surface area contributed by atoms with Gasteiger partial charge >= 0.3 is 0 Å². The van der Waals surface area contributed by atoms with E-state index in [4.69, 9.17) is 4.74 Å². The maximum atomic E-state index is 12.6. The van der Waals surface area contributed by atoms with Crippen LogP contribution in [0.1, 0.15) is 64.7 Å². The van der Waals surface area contributed by atoms with Crippen LogP contribution in [0.15, 0.2) is 0 Å². The van der Waals surface area contributed by atoms with E-state index in [0.717, 1.165) is 51.7 Å². The Hall–Kier alpha value is -0.610. The van der Waals surface area contributed by atoms with Gasteiger partial charge in [0, 0.05) is 32.6 Å². The molecule has 0 bridgehead atoms. The molecule has 138 valence electrons. The first-order valence-corrected chi connectivity index (χ1v) is 10.2. The van der Waals surface area contributed by atoms with Crippen molar-refractivity contribution in [1.82, 2.24) is 9.80 Å². The van der Waals surface area contributed by atoms with Crippen LogP contribution in [0, 0.1) is 11.3 Å². The summed E-state index contributed by atoms with van der Waals surface area (Å²) < 4.78 is 5.41. The van der Waals surface area contributed by atoms with E-state index < -0.39 is 0 Å². The lowest BCUT2D eigenvalue weighted by atomic mass is 9.84. The average Bonchev–Trinajstić information content (AvgIpc) is 3.02. The third kappa shape index (κ3) is 5.19. The summed E-state index contributed by atoms with van der Waals surface area (Å²) >= 11 is 0. The predicted octanol–water partition coefficient (Wildman–Crippen LogP) is 3.31. The van der Waals surface area contributed by atoms with Gasteiger partial charge in [0.15, 0.2) is 0 Å². The fourth-order valence-electron chi connectivity index (χ4n) is 4.78. The van der Waals surface area contributed by atoms with Gasteiger partial charge in [0.05, 0.1) is 13.2 Å². The third-order valence-electron chi connectivity index (χ3n) is 6.55. The van der Waals surface area contributed by atoms with E-state index >= 15 is 0 Å². The summed E-state index contributed by atoms with van der Waals surface area (Å²) in [5.41, 5.74) is 0.298. The monoisotopic (exact) mass is 336 g/mol. The smallest absolute Gasteiger partial charge is 0.223 e. The van der Waals surface area contributed by atoms with Crippen molar-refractivity contribution < 1.29 is 9.53 Å². The largest absolute Gasteiger partial charge is 0.379 e. The molecular formula is C20H36N2O2. The highest BCUT2D eigenvalue weighted by Crippen LogP contribution is 2.41. The molecule has 4 heteroatoms. The fourth-order valence-corrected chi connectivity index (χ4v) is 4.78. The molecule has 2 aliphatic heterocycles. The number of amides is 1. The SMILES string of the molecule is CC1(CC(=O)N2CCC(CCCN3CCOCC3)CC2)CCCC1. The Kier molecular flexibility index (Phi) is 6.56. The van der Waals surface area contributed by atoms with Crippen molar-refractivity contribution in [3.63, 3.8) is 0 Å². The standard InChI is InChI=1S/C20H36N2O2/c1-20(8-2-3-9-20)17-19(23)22-11-6-18(7-12-22)5-4-10-21-13-15-24-16-14-21/h18H,2-17H2,1H3. The normalized spacial score (nSPS) is 26.0. The van der Waals surface area contributed by atoms with Crippen molar-refractivity contribution >= 4 is 5.91 Å². The first-order chi connectivity index (χ1) is 11.6. The molecule has 0 atom stereocenters. The Bertz CT molecular complexity index is 392. The molecule has 0 aromatic carbocycles. The summed E-state index contributed by atoms with van der Waals surface area (Å²) in [4.78, 5) is 17.3. The van der Waals surface area contributed by atoms with Crippen LogP contribution in [0.4, 0.5) is 0 Å². The van der Waals surface area contributed by atoms with E-state index in [-0.39, 0.29) is 0 Å². The maximum Gasteiger partial charge on any atom is 0.223 e. The molecule has 1 amide bonds. The lowest BCUT2D eigenvalue weighted by Crippen LogP contribution is -2.40. The van der Waals surface area contributed by atoms with E-state index in [1.54, 1.807) is 0 Å². The average molecular weight is 337 g/mol. The van der Waals surface area contributed by atoms with Crippen molar-refractivity contribution in [3.8, 4) is 0 Å². The number of piperidine rings is 1. The van der Waals surface area contributed by atoms with Gasteiger partial charge in [0.25, 0.3) is 0 Å². The summed E-state index contributed by atoms with van der Waals surface area (Å²) in [5.74, 6) is 1.25. The number of carbonyl (C=O) groups is 1. The van der Waals surface area contributed by atoms with Gasteiger partial charge < -0.3 is 9.64 Å². The zero-order valence-corrected chi connectivity index (χ0v) is 15.6. The maximum absolute atomic E-state index is 12.6. The first kappa shape index (κ1) is 18.2. The molecule has 0 aromatic rings. The van der Waals surface area contributed by atoms with Crippen LogP contribution >= 0.6 is 0 Å². The van der Waals surface area contributed by atoms with E-state index in [1.807, 2.05) is 0 Å². The fraction of sp³-hybridized carbons (Fsp3) is 0.950. The number of carbonyl (C=O) groups excluding carboxylic acids is 1. The van der Waals surface area contributed by atoms with Crippen molar-refractivity contribution in [1.29, 1.82) is 0 Å². The molecule has 0 unspecified atom stereocenters. The van der Waals surface area contributed by atoms with Crippen LogP contribution in [0.3, 0.4) is 0 Å². The number of hydrogen-bond acceptors (Lipinski definition) is 3. The van der Waals surface area contributed by atoms with Gasteiger partial charge in [-0.3, -0.25) is 9.69 Å². The number of morpholine rings is 1. The summed E-state index contributed by atoms with van der Waals surface area (Å²) in [6.45, 7) is 9.54. The second-order valence-electron chi connectivity index (χ2n) is 8.61. The molecular weight excluding hydrogens is 300 g/mol. The van der Waals surface area contributed by atoms with Gasteiger partial charge in [-0.1, -0.05) is 19.8 Å². The molecule has 3 fully saturated rings. The molecule has 0 spiro atoms. The van der Waals surface area contributed by atoms with Crippen molar-refractivity contribution in [2.45, 2.75) is 64.7 Å². The quantitative estimate of drug-likeness (QED) is 0.746. The minimum absolute atomic E-state index is 0.298. The lowest BCUT2D eigenvalue weighted by molar-refractivity contribution is -0.134. The van der Waals surface area contributed by atoms with Crippen LogP contribution in [-0.4, -0.2) is 61.6 Å². The third-order valence-corrected chi connectivity index (χ3v) is 6.55. The Balaban J connectivity index is 1.31. The summed E-state index contributed by atoms with van der Waals surface area (Å²) in [6, 6.07) is 0. The zero-order chi connectivity index (χ0) is 16.8. The molecule has 24 heavy (non-hydrogen) atoms. The molecule has 3 aliphatic rings. The molecule has 1 saturated carbocycles. The molecule has 0 radical (unpaired) electrons. The van der Waals surface area contributed by atoms with Gasteiger partial charge in [-0.05, 0) is 56.4 Å². The molecule has 2 saturated heterocycles. The minimum Gasteiger partial charge on any atom is -0.379 e. The molecule has 4 nitrogen and oxygen atoms in total. The number of likely N-dealkylation sites (tertiary alicyclic amines) is 1. The van der Waals surface area contributed by atoms with Crippen molar-refractivity contribution in [2.24, 2.45) is 11.3 Å². The second-order valence-corrected chi connectivity index (χ2v) is 8.61. The molecule has 0 aromatic heterocycles. The van der Waals surface area contributed by atoms with E-state index in [0.29, 0.717) is 11.3 Å². The Morgan fingerprint density at radius 2 is 1.75 bits per heavy atom. The lowest BCUT2D eigenvalue weighted by Gasteiger charge is -2.35. The van der Waals surface area contributed by atoms with E-state index in [1.165, 1.54) is 57.9 Å². The highest BCUT2D eigenvalue weighted by Gasteiger charge is 2.33. The highest BCUT2D eigenvalue weighted by atomic mass is 16.5. The highest BCUT2D eigenvalue weighted by molar-refractivity contribution is 5.77.